The lowest BCUT2D eigenvalue weighted by Gasteiger charge is -2.07. The number of halogens is 2. The SMILES string of the molecule is Cc1nn(C)cc1-n1c(CCCl)nc2ccc(Cl)cc21. The van der Waals surface area contributed by atoms with Crippen LogP contribution in [0.25, 0.3) is 16.7 Å². The van der Waals surface area contributed by atoms with Crippen molar-refractivity contribution in [2.75, 3.05) is 5.88 Å². The van der Waals surface area contributed by atoms with Gasteiger partial charge >= 0.3 is 0 Å². The molecule has 20 heavy (non-hydrogen) atoms. The first-order chi connectivity index (χ1) is 9.60. The van der Waals surface area contributed by atoms with Gasteiger partial charge in [-0.2, -0.15) is 5.10 Å². The monoisotopic (exact) mass is 308 g/mol. The van der Waals surface area contributed by atoms with Crippen LogP contribution in [-0.2, 0) is 13.5 Å². The van der Waals surface area contributed by atoms with E-state index in [-0.39, 0.29) is 0 Å². The van der Waals surface area contributed by atoms with E-state index in [9.17, 15) is 0 Å². The van der Waals surface area contributed by atoms with Crippen molar-refractivity contribution >= 4 is 34.2 Å². The molecule has 0 saturated carbocycles. The lowest BCUT2D eigenvalue weighted by Crippen LogP contribution is -2.02. The van der Waals surface area contributed by atoms with Crippen molar-refractivity contribution in [1.82, 2.24) is 19.3 Å². The lowest BCUT2D eigenvalue weighted by molar-refractivity contribution is 0.756. The lowest BCUT2D eigenvalue weighted by atomic mass is 10.3. The van der Waals surface area contributed by atoms with E-state index >= 15 is 0 Å². The fraction of sp³-hybridized carbons (Fsp3) is 0.286. The average molecular weight is 309 g/mol. The molecule has 0 aliphatic heterocycles. The topological polar surface area (TPSA) is 35.6 Å². The fourth-order valence-corrected chi connectivity index (χ4v) is 2.76. The van der Waals surface area contributed by atoms with Crippen LogP contribution >= 0.6 is 23.2 Å². The van der Waals surface area contributed by atoms with Crippen LogP contribution in [-0.4, -0.2) is 25.2 Å². The smallest absolute Gasteiger partial charge is 0.115 e. The summed E-state index contributed by atoms with van der Waals surface area (Å²) in [5.41, 5.74) is 3.85. The molecule has 2 heterocycles. The number of hydrogen-bond acceptors (Lipinski definition) is 2. The molecular formula is C14H14Cl2N4. The molecule has 0 fully saturated rings. The third-order valence-corrected chi connectivity index (χ3v) is 3.66. The summed E-state index contributed by atoms with van der Waals surface area (Å²) in [7, 11) is 1.91. The summed E-state index contributed by atoms with van der Waals surface area (Å²) in [4.78, 5) is 4.65. The van der Waals surface area contributed by atoms with E-state index in [2.05, 4.69) is 14.6 Å². The number of aryl methyl sites for hydroxylation is 3. The maximum Gasteiger partial charge on any atom is 0.115 e. The Bertz CT molecular complexity index is 773. The average Bonchev–Trinajstić information content (AvgIpc) is 2.89. The van der Waals surface area contributed by atoms with E-state index in [0.29, 0.717) is 17.3 Å². The van der Waals surface area contributed by atoms with Crippen molar-refractivity contribution in [3.8, 4) is 5.69 Å². The Labute approximate surface area is 126 Å². The summed E-state index contributed by atoms with van der Waals surface area (Å²) in [6.45, 7) is 1.98. The fourth-order valence-electron chi connectivity index (χ4n) is 2.43. The summed E-state index contributed by atoms with van der Waals surface area (Å²) < 4.78 is 3.89. The van der Waals surface area contributed by atoms with Gasteiger partial charge in [0.15, 0.2) is 0 Å². The van der Waals surface area contributed by atoms with Crippen molar-refractivity contribution in [3.05, 3.63) is 40.9 Å². The highest BCUT2D eigenvalue weighted by atomic mass is 35.5. The summed E-state index contributed by atoms with van der Waals surface area (Å²) in [5.74, 6) is 1.45. The molecule has 4 nitrogen and oxygen atoms in total. The van der Waals surface area contributed by atoms with Gasteiger partial charge in [0.2, 0.25) is 0 Å². The maximum absolute atomic E-state index is 6.12. The van der Waals surface area contributed by atoms with Crippen LogP contribution in [0, 0.1) is 6.92 Å². The standard InChI is InChI=1S/C14H14Cl2N4/c1-9-13(8-19(2)18-9)20-12-7-10(16)3-4-11(12)17-14(20)5-6-15/h3-4,7-8H,5-6H2,1-2H3. The van der Waals surface area contributed by atoms with E-state index in [0.717, 1.165) is 28.2 Å². The minimum absolute atomic E-state index is 0.524. The van der Waals surface area contributed by atoms with Crippen molar-refractivity contribution in [2.45, 2.75) is 13.3 Å². The first kappa shape index (κ1) is 13.5. The molecule has 0 saturated heterocycles. The van der Waals surface area contributed by atoms with Gasteiger partial charge in [0, 0.05) is 30.6 Å². The van der Waals surface area contributed by atoms with Gasteiger partial charge in [-0.3, -0.25) is 9.25 Å². The van der Waals surface area contributed by atoms with E-state index < -0.39 is 0 Å². The Morgan fingerprint density at radius 2 is 2.10 bits per heavy atom. The number of rotatable bonds is 3. The maximum atomic E-state index is 6.12. The van der Waals surface area contributed by atoms with Crippen LogP contribution in [0.5, 0.6) is 0 Å². The number of nitrogens with zero attached hydrogens (tertiary/aromatic N) is 4. The van der Waals surface area contributed by atoms with Gasteiger partial charge < -0.3 is 0 Å². The number of alkyl halides is 1. The van der Waals surface area contributed by atoms with Crippen LogP contribution < -0.4 is 0 Å². The Morgan fingerprint density at radius 1 is 1.30 bits per heavy atom. The normalized spacial score (nSPS) is 11.4. The molecular weight excluding hydrogens is 295 g/mol. The molecule has 3 aromatic rings. The van der Waals surface area contributed by atoms with Crippen molar-refractivity contribution in [1.29, 1.82) is 0 Å². The van der Waals surface area contributed by atoms with Gasteiger partial charge in [0.1, 0.15) is 5.82 Å². The number of fused-ring (bicyclic) bond motifs is 1. The quantitative estimate of drug-likeness (QED) is 0.694. The van der Waals surface area contributed by atoms with Gasteiger partial charge in [-0.25, -0.2) is 4.98 Å². The zero-order chi connectivity index (χ0) is 14.3. The first-order valence-corrected chi connectivity index (χ1v) is 7.25. The van der Waals surface area contributed by atoms with Crippen LogP contribution in [0.3, 0.4) is 0 Å². The van der Waals surface area contributed by atoms with Crippen LogP contribution in [0.2, 0.25) is 5.02 Å². The Balaban J connectivity index is 2.33. The molecule has 0 aliphatic rings. The highest BCUT2D eigenvalue weighted by molar-refractivity contribution is 6.31. The minimum atomic E-state index is 0.524. The van der Waals surface area contributed by atoms with Gasteiger partial charge in [0.05, 0.1) is 22.4 Å². The van der Waals surface area contributed by atoms with E-state index in [1.165, 1.54) is 0 Å². The van der Waals surface area contributed by atoms with Gasteiger partial charge in [-0.1, -0.05) is 11.6 Å². The second-order valence-electron chi connectivity index (χ2n) is 4.71. The highest BCUT2D eigenvalue weighted by Gasteiger charge is 2.15. The highest BCUT2D eigenvalue weighted by Crippen LogP contribution is 2.26. The van der Waals surface area contributed by atoms with Crippen LogP contribution in [0.15, 0.2) is 24.4 Å². The molecule has 0 radical (unpaired) electrons. The molecule has 2 aromatic heterocycles. The molecule has 6 heteroatoms. The van der Waals surface area contributed by atoms with Gasteiger partial charge in [0.25, 0.3) is 0 Å². The molecule has 0 amide bonds. The van der Waals surface area contributed by atoms with E-state index in [4.69, 9.17) is 23.2 Å². The second-order valence-corrected chi connectivity index (χ2v) is 5.52. The molecule has 0 atom stereocenters. The predicted octanol–water partition coefficient (Wildman–Crippen LogP) is 3.50. The Kier molecular flexibility index (Phi) is 3.44. The van der Waals surface area contributed by atoms with Gasteiger partial charge in [-0.15, -0.1) is 11.6 Å². The van der Waals surface area contributed by atoms with Gasteiger partial charge in [-0.05, 0) is 25.1 Å². The minimum Gasteiger partial charge on any atom is -0.293 e. The first-order valence-electron chi connectivity index (χ1n) is 6.33. The molecule has 0 bridgehead atoms. The summed E-state index contributed by atoms with van der Waals surface area (Å²) >= 11 is 12.0. The Hall–Kier alpha value is -1.52. The largest absolute Gasteiger partial charge is 0.293 e. The van der Waals surface area contributed by atoms with Crippen molar-refractivity contribution in [2.24, 2.45) is 7.05 Å². The molecule has 3 rings (SSSR count). The zero-order valence-electron chi connectivity index (χ0n) is 11.3. The van der Waals surface area contributed by atoms with E-state index in [1.54, 1.807) is 4.68 Å². The van der Waals surface area contributed by atoms with Crippen molar-refractivity contribution in [3.63, 3.8) is 0 Å². The summed E-state index contributed by atoms with van der Waals surface area (Å²) in [6.07, 6.45) is 2.68. The summed E-state index contributed by atoms with van der Waals surface area (Å²) in [5, 5.41) is 5.09. The molecule has 0 aliphatic carbocycles. The second kappa shape index (κ2) is 5.11. The van der Waals surface area contributed by atoms with Crippen molar-refractivity contribution < 1.29 is 0 Å². The van der Waals surface area contributed by atoms with E-state index in [1.807, 2.05) is 38.4 Å². The number of benzene rings is 1. The number of imidazole rings is 1. The molecule has 0 unspecified atom stereocenters. The number of aromatic nitrogens is 4. The van der Waals surface area contributed by atoms with Crippen LogP contribution in [0.4, 0.5) is 0 Å². The third kappa shape index (κ3) is 2.19. The zero-order valence-corrected chi connectivity index (χ0v) is 12.8. The molecule has 104 valence electrons. The van der Waals surface area contributed by atoms with Crippen LogP contribution in [0.1, 0.15) is 11.5 Å². The Morgan fingerprint density at radius 3 is 2.75 bits per heavy atom. The third-order valence-electron chi connectivity index (χ3n) is 3.23. The molecule has 0 spiro atoms. The number of hydrogen-bond donors (Lipinski definition) is 0. The molecule has 1 aromatic carbocycles. The molecule has 0 N–H and O–H groups in total. The predicted molar refractivity (Wildman–Crippen MR) is 82.0 cm³/mol. The summed E-state index contributed by atoms with van der Waals surface area (Å²) in [6, 6.07) is 5.70.